The molecule has 0 saturated heterocycles. The second-order valence-electron chi connectivity index (χ2n) is 7.52. The number of hydrogen-bond acceptors (Lipinski definition) is 4. The number of alkyl halides is 3. The Morgan fingerprint density at radius 3 is 2.56 bits per heavy atom. The molecule has 0 saturated carbocycles. The second-order valence-corrected chi connectivity index (χ2v) is 7.52. The Bertz CT molecular complexity index is 869. The van der Waals surface area contributed by atoms with Crippen molar-refractivity contribution in [3.63, 3.8) is 0 Å². The van der Waals surface area contributed by atoms with Gasteiger partial charge in [0, 0.05) is 37.5 Å². The van der Waals surface area contributed by atoms with Gasteiger partial charge in [-0.25, -0.2) is 4.99 Å². The zero-order chi connectivity index (χ0) is 23.0. The van der Waals surface area contributed by atoms with Crippen LogP contribution in [0.4, 0.5) is 13.2 Å². The SMILES string of the molecule is CCNC(=NCc1ccc(C)cc1OCC(F)(F)F)NCC(c1cnn(C)c1)N(C)C.I. The van der Waals surface area contributed by atoms with Crippen LogP contribution in [-0.4, -0.2) is 60.6 Å². The highest BCUT2D eigenvalue weighted by molar-refractivity contribution is 14.0. The smallest absolute Gasteiger partial charge is 0.422 e. The van der Waals surface area contributed by atoms with E-state index in [0.717, 1.165) is 11.1 Å². The minimum Gasteiger partial charge on any atom is -0.484 e. The molecule has 0 aliphatic heterocycles. The van der Waals surface area contributed by atoms with Gasteiger partial charge in [-0.15, -0.1) is 24.0 Å². The summed E-state index contributed by atoms with van der Waals surface area (Å²) in [6.45, 7) is 3.83. The number of nitrogens with one attached hydrogen (secondary N) is 2. The third-order valence-corrected chi connectivity index (χ3v) is 4.56. The molecule has 0 aliphatic rings. The summed E-state index contributed by atoms with van der Waals surface area (Å²) in [5.74, 6) is 0.763. The summed E-state index contributed by atoms with van der Waals surface area (Å²) in [7, 11) is 5.84. The molecule has 0 spiro atoms. The van der Waals surface area contributed by atoms with Crippen LogP contribution in [0.3, 0.4) is 0 Å². The number of benzene rings is 1. The van der Waals surface area contributed by atoms with Crippen LogP contribution < -0.4 is 15.4 Å². The number of halogens is 4. The summed E-state index contributed by atoms with van der Waals surface area (Å²) >= 11 is 0. The van der Waals surface area contributed by atoms with Crippen molar-refractivity contribution in [2.24, 2.45) is 12.0 Å². The van der Waals surface area contributed by atoms with Gasteiger partial charge in [-0.3, -0.25) is 4.68 Å². The van der Waals surface area contributed by atoms with E-state index in [4.69, 9.17) is 4.74 Å². The maximum Gasteiger partial charge on any atom is 0.422 e. The lowest BCUT2D eigenvalue weighted by molar-refractivity contribution is -0.153. The molecule has 180 valence electrons. The van der Waals surface area contributed by atoms with Crippen molar-refractivity contribution >= 4 is 29.9 Å². The number of aryl methyl sites for hydroxylation is 2. The summed E-state index contributed by atoms with van der Waals surface area (Å²) in [6.07, 6.45) is -0.603. The fraction of sp³-hybridized carbons (Fsp3) is 0.524. The molecule has 1 aromatic heterocycles. The van der Waals surface area contributed by atoms with Crippen LogP contribution in [0.15, 0.2) is 35.6 Å². The lowest BCUT2D eigenvalue weighted by Crippen LogP contribution is -2.41. The molecule has 2 N–H and O–H groups in total. The van der Waals surface area contributed by atoms with Gasteiger partial charge in [0.05, 0.1) is 18.8 Å². The lowest BCUT2D eigenvalue weighted by Gasteiger charge is -2.24. The number of nitrogens with zero attached hydrogens (tertiary/aromatic N) is 4. The first-order valence-electron chi connectivity index (χ1n) is 10.0. The molecule has 11 heteroatoms. The van der Waals surface area contributed by atoms with Gasteiger partial charge in [0.25, 0.3) is 0 Å². The first-order valence-corrected chi connectivity index (χ1v) is 10.0. The molecule has 0 bridgehead atoms. The maximum absolute atomic E-state index is 12.6. The molecule has 7 nitrogen and oxygen atoms in total. The van der Waals surface area contributed by atoms with Crippen molar-refractivity contribution in [3.05, 3.63) is 47.3 Å². The van der Waals surface area contributed by atoms with E-state index >= 15 is 0 Å². The number of hydrogen-bond donors (Lipinski definition) is 2. The molecule has 1 heterocycles. The molecule has 2 rings (SSSR count). The van der Waals surface area contributed by atoms with Gasteiger partial charge < -0.3 is 20.3 Å². The first-order chi connectivity index (χ1) is 14.6. The number of aromatic nitrogens is 2. The highest BCUT2D eigenvalue weighted by Gasteiger charge is 2.28. The predicted molar refractivity (Wildman–Crippen MR) is 131 cm³/mol. The summed E-state index contributed by atoms with van der Waals surface area (Å²) in [5.41, 5.74) is 2.47. The van der Waals surface area contributed by atoms with Crippen molar-refractivity contribution in [1.82, 2.24) is 25.3 Å². The monoisotopic (exact) mass is 568 g/mol. The first kappa shape index (κ1) is 28.0. The molecule has 0 aliphatic carbocycles. The normalized spacial score (nSPS) is 13.0. The molecule has 0 amide bonds. The van der Waals surface area contributed by atoms with Crippen LogP contribution in [-0.2, 0) is 13.6 Å². The van der Waals surface area contributed by atoms with Crippen molar-refractivity contribution in [1.29, 1.82) is 0 Å². The summed E-state index contributed by atoms with van der Waals surface area (Å²) < 4.78 is 44.5. The standard InChI is InChI=1S/C21H31F3N6O.HI/c1-6-25-20(27-12-18(29(3)4)17-11-28-30(5)13-17)26-10-16-8-7-15(2)9-19(16)31-14-21(22,23)24;/h7-9,11,13,18H,6,10,12,14H2,1-5H3,(H2,25,26,27);1H. The van der Waals surface area contributed by atoms with Crippen LogP contribution in [0.2, 0.25) is 0 Å². The van der Waals surface area contributed by atoms with E-state index in [1.54, 1.807) is 23.7 Å². The van der Waals surface area contributed by atoms with Crippen molar-refractivity contribution in [3.8, 4) is 5.75 Å². The van der Waals surface area contributed by atoms with Gasteiger partial charge in [0.1, 0.15) is 5.75 Å². The predicted octanol–water partition coefficient (Wildman–Crippen LogP) is 3.65. The summed E-state index contributed by atoms with van der Waals surface area (Å²) in [5, 5.41) is 10.7. The minimum atomic E-state index is -4.39. The quantitative estimate of drug-likeness (QED) is 0.275. The molecular formula is C21H32F3IN6O. The summed E-state index contributed by atoms with van der Waals surface area (Å²) in [6, 6.07) is 5.24. The highest BCUT2D eigenvalue weighted by atomic mass is 127. The van der Waals surface area contributed by atoms with Gasteiger partial charge in [-0.1, -0.05) is 12.1 Å². The average molecular weight is 568 g/mol. The van der Waals surface area contributed by atoms with Crippen molar-refractivity contribution in [2.45, 2.75) is 32.6 Å². The van der Waals surface area contributed by atoms with Crippen LogP contribution >= 0.6 is 24.0 Å². The molecule has 0 radical (unpaired) electrons. The average Bonchev–Trinajstić information content (AvgIpc) is 3.10. The molecule has 2 aromatic rings. The molecule has 32 heavy (non-hydrogen) atoms. The third-order valence-electron chi connectivity index (χ3n) is 4.56. The molecule has 1 aromatic carbocycles. The number of guanidine groups is 1. The molecule has 1 unspecified atom stereocenters. The van der Waals surface area contributed by atoms with Gasteiger partial charge in [-0.2, -0.15) is 18.3 Å². The van der Waals surface area contributed by atoms with E-state index in [0.29, 0.717) is 24.6 Å². The van der Waals surface area contributed by atoms with Gasteiger partial charge in [0.15, 0.2) is 12.6 Å². The van der Waals surface area contributed by atoms with E-state index in [-0.39, 0.29) is 42.3 Å². The zero-order valence-electron chi connectivity index (χ0n) is 19.0. The van der Waals surface area contributed by atoms with Crippen LogP contribution in [0, 0.1) is 6.92 Å². The van der Waals surface area contributed by atoms with Crippen molar-refractivity contribution < 1.29 is 17.9 Å². The maximum atomic E-state index is 12.6. The van der Waals surface area contributed by atoms with E-state index in [2.05, 4.69) is 25.6 Å². The van der Waals surface area contributed by atoms with Gasteiger partial charge in [0.2, 0.25) is 0 Å². The Morgan fingerprint density at radius 2 is 2.00 bits per heavy atom. The largest absolute Gasteiger partial charge is 0.484 e. The lowest BCUT2D eigenvalue weighted by atomic mass is 10.1. The third kappa shape index (κ3) is 9.23. The fourth-order valence-corrected chi connectivity index (χ4v) is 3.00. The number of rotatable bonds is 9. The van der Waals surface area contributed by atoms with Crippen molar-refractivity contribution in [2.75, 3.05) is 33.8 Å². The minimum absolute atomic E-state index is 0. The van der Waals surface area contributed by atoms with Gasteiger partial charge >= 0.3 is 6.18 Å². The topological polar surface area (TPSA) is 66.7 Å². The second kappa shape index (κ2) is 12.9. The Balaban J connectivity index is 0.00000512. The van der Waals surface area contributed by atoms with Crippen LogP contribution in [0.25, 0.3) is 0 Å². The highest BCUT2D eigenvalue weighted by Crippen LogP contribution is 2.24. The van der Waals surface area contributed by atoms with E-state index < -0.39 is 12.8 Å². The Kier molecular flexibility index (Phi) is 11.3. The van der Waals surface area contributed by atoms with Crippen LogP contribution in [0.1, 0.15) is 29.7 Å². The Labute approximate surface area is 204 Å². The van der Waals surface area contributed by atoms with E-state index in [9.17, 15) is 13.2 Å². The number of aliphatic imine (C=N–C) groups is 1. The number of likely N-dealkylation sites (N-methyl/N-ethyl adjacent to an activating group) is 1. The molecular weight excluding hydrogens is 536 g/mol. The fourth-order valence-electron chi connectivity index (χ4n) is 3.00. The summed E-state index contributed by atoms with van der Waals surface area (Å²) in [4.78, 5) is 6.62. The zero-order valence-corrected chi connectivity index (χ0v) is 21.4. The molecule has 1 atom stereocenters. The van der Waals surface area contributed by atoms with Crippen LogP contribution in [0.5, 0.6) is 5.75 Å². The van der Waals surface area contributed by atoms with E-state index in [1.807, 2.05) is 46.5 Å². The molecule has 0 fully saturated rings. The van der Waals surface area contributed by atoms with Gasteiger partial charge in [-0.05, 0) is 39.6 Å². The van der Waals surface area contributed by atoms with E-state index in [1.165, 1.54) is 0 Å². The Hall–Kier alpha value is -2.02. The number of ether oxygens (including phenoxy) is 1. The Morgan fingerprint density at radius 1 is 1.28 bits per heavy atom.